The first-order chi connectivity index (χ1) is 9.63. The molecule has 0 spiro atoms. The Bertz CT molecular complexity index is 607. The summed E-state index contributed by atoms with van der Waals surface area (Å²) in [5, 5.41) is 9.37. The second-order valence-corrected chi connectivity index (χ2v) is 4.35. The minimum atomic E-state index is -0.356. The second-order valence-electron chi connectivity index (χ2n) is 4.35. The number of aromatic nitrogens is 3. The number of H-pyrrole nitrogens is 1. The van der Waals surface area contributed by atoms with Crippen LogP contribution in [-0.2, 0) is 6.42 Å². The van der Waals surface area contributed by atoms with E-state index in [0.717, 1.165) is 5.56 Å². The molecule has 2 aromatic rings. The molecule has 0 saturated heterocycles. The van der Waals surface area contributed by atoms with Crippen LogP contribution in [0.4, 0.5) is 5.69 Å². The van der Waals surface area contributed by atoms with Crippen molar-refractivity contribution in [2.75, 3.05) is 11.9 Å². The van der Waals surface area contributed by atoms with Crippen LogP contribution in [0.5, 0.6) is 5.75 Å². The van der Waals surface area contributed by atoms with Gasteiger partial charge in [0.2, 0.25) is 5.82 Å². The molecule has 0 saturated carbocycles. The Morgan fingerprint density at radius 2 is 2.20 bits per heavy atom. The van der Waals surface area contributed by atoms with Gasteiger partial charge < -0.3 is 10.1 Å². The zero-order valence-corrected chi connectivity index (χ0v) is 11.9. The van der Waals surface area contributed by atoms with Crippen LogP contribution in [0.1, 0.15) is 35.9 Å². The molecule has 0 unspecified atom stereocenters. The van der Waals surface area contributed by atoms with E-state index in [1.807, 2.05) is 39.0 Å². The monoisotopic (exact) mass is 274 g/mol. The first-order valence-corrected chi connectivity index (χ1v) is 6.60. The summed E-state index contributed by atoms with van der Waals surface area (Å²) >= 11 is 0. The van der Waals surface area contributed by atoms with Gasteiger partial charge in [0, 0.05) is 6.42 Å². The van der Waals surface area contributed by atoms with Crippen molar-refractivity contribution >= 4 is 11.6 Å². The number of nitrogens with zero attached hydrogens (tertiary/aromatic N) is 2. The van der Waals surface area contributed by atoms with Crippen LogP contribution in [0.25, 0.3) is 0 Å². The Morgan fingerprint density at radius 3 is 2.85 bits per heavy atom. The Hall–Kier alpha value is -2.37. The van der Waals surface area contributed by atoms with E-state index in [0.29, 0.717) is 30.3 Å². The number of hydrogen-bond acceptors (Lipinski definition) is 4. The third-order valence-corrected chi connectivity index (χ3v) is 2.75. The molecule has 6 nitrogen and oxygen atoms in total. The number of carbonyl (C=O) groups is 1. The van der Waals surface area contributed by atoms with E-state index in [9.17, 15) is 4.79 Å². The molecular formula is C14H18N4O2. The highest BCUT2D eigenvalue weighted by molar-refractivity contribution is 6.02. The fourth-order valence-electron chi connectivity index (χ4n) is 1.74. The first kappa shape index (κ1) is 14.0. The second kappa shape index (κ2) is 6.18. The molecular weight excluding hydrogens is 256 g/mol. The maximum atomic E-state index is 12.1. The van der Waals surface area contributed by atoms with Gasteiger partial charge >= 0.3 is 0 Å². The van der Waals surface area contributed by atoms with Crippen LogP contribution >= 0.6 is 0 Å². The van der Waals surface area contributed by atoms with Crippen molar-refractivity contribution in [3.63, 3.8) is 0 Å². The van der Waals surface area contributed by atoms with Crippen molar-refractivity contribution in [3.8, 4) is 5.75 Å². The highest BCUT2D eigenvalue weighted by Gasteiger charge is 2.14. The SMILES string of the molecule is CCOc1cc(C)ccc1NC(=O)c1n[nH]c(CC)n1. The fraction of sp³-hybridized carbons (Fsp3) is 0.357. The van der Waals surface area contributed by atoms with Gasteiger partial charge in [-0.15, -0.1) is 5.10 Å². The quantitative estimate of drug-likeness (QED) is 0.877. The summed E-state index contributed by atoms with van der Waals surface area (Å²) in [6.45, 7) is 6.34. The number of carbonyl (C=O) groups excluding carboxylic acids is 1. The molecule has 2 rings (SSSR count). The van der Waals surface area contributed by atoms with Gasteiger partial charge in [0.15, 0.2) is 0 Å². The number of nitrogens with one attached hydrogen (secondary N) is 2. The molecule has 0 radical (unpaired) electrons. The predicted molar refractivity (Wildman–Crippen MR) is 76.1 cm³/mol. The van der Waals surface area contributed by atoms with Crippen molar-refractivity contribution < 1.29 is 9.53 Å². The molecule has 1 amide bonds. The average molecular weight is 274 g/mol. The molecule has 0 aliphatic carbocycles. The lowest BCUT2D eigenvalue weighted by molar-refractivity contribution is 0.101. The van der Waals surface area contributed by atoms with Gasteiger partial charge in [-0.05, 0) is 31.5 Å². The summed E-state index contributed by atoms with van der Waals surface area (Å²) in [6.07, 6.45) is 0.703. The van der Waals surface area contributed by atoms with E-state index < -0.39 is 0 Å². The number of anilines is 1. The topological polar surface area (TPSA) is 79.9 Å². The van der Waals surface area contributed by atoms with Crippen molar-refractivity contribution in [1.29, 1.82) is 0 Å². The third-order valence-electron chi connectivity index (χ3n) is 2.75. The molecule has 0 fully saturated rings. The van der Waals surface area contributed by atoms with E-state index in [2.05, 4.69) is 20.5 Å². The summed E-state index contributed by atoms with van der Waals surface area (Å²) in [5.74, 6) is 1.10. The lowest BCUT2D eigenvalue weighted by Gasteiger charge is -2.11. The van der Waals surface area contributed by atoms with Crippen molar-refractivity contribution in [2.24, 2.45) is 0 Å². The lowest BCUT2D eigenvalue weighted by atomic mass is 10.2. The number of ether oxygens (including phenoxy) is 1. The molecule has 0 atom stereocenters. The summed E-state index contributed by atoms with van der Waals surface area (Å²) < 4.78 is 5.52. The van der Waals surface area contributed by atoms with Gasteiger partial charge in [-0.3, -0.25) is 9.89 Å². The predicted octanol–water partition coefficient (Wildman–Crippen LogP) is 2.33. The minimum absolute atomic E-state index is 0.130. The van der Waals surface area contributed by atoms with Gasteiger partial charge in [0.1, 0.15) is 11.6 Å². The van der Waals surface area contributed by atoms with Crippen molar-refractivity contribution in [3.05, 3.63) is 35.4 Å². The average Bonchev–Trinajstić information content (AvgIpc) is 2.91. The van der Waals surface area contributed by atoms with E-state index in [4.69, 9.17) is 4.74 Å². The molecule has 6 heteroatoms. The molecule has 106 valence electrons. The van der Waals surface area contributed by atoms with E-state index in [-0.39, 0.29) is 11.7 Å². The smallest absolute Gasteiger partial charge is 0.295 e. The number of hydrogen-bond donors (Lipinski definition) is 2. The van der Waals surface area contributed by atoms with E-state index >= 15 is 0 Å². The lowest BCUT2D eigenvalue weighted by Crippen LogP contribution is -2.14. The Morgan fingerprint density at radius 1 is 1.40 bits per heavy atom. The third kappa shape index (κ3) is 3.14. The largest absolute Gasteiger partial charge is 0.492 e. The Kier molecular flexibility index (Phi) is 4.34. The van der Waals surface area contributed by atoms with Gasteiger partial charge in [0.05, 0.1) is 12.3 Å². The highest BCUT2D eigenvalue weighted by Crippen LogP contribution is 2.26. The number of aromatic amines is 1. The van der Waals surface area contributed by atoms with Crippen molar-refractivity contribution in [2.45, 2.75) is 27.2 Å². The molecule has 2 N–H and O–H groups in total. The maximum Gasteiger partial charge on any atom is 0.295 e. The molecule has 0 aliphatic rings. The summed E-state index contributed by atoms with van der Waals surface area (Å²) in [6, 6.07) is 5.60. The van der Waals surface area contributed by atoms with Crippen LogP contribution in [-0.4, -0.2) is 27.7 Å². The molecule has 1 aromatic heterocycles. The van der Waals surface area contributed by atoms with E-state index in [1.165, 1.54) is 0 Å². The van der Waals surface area contributed by atoms with Gasteiger partial charge in [-0.1, -0.05) is 13.0 Å². The van der Waals surface area contributed by atoms with Gasteiger partial charge in [0.25, 0.3) is 5.91 Å². The van der Waals surface area contributed by atoms with Crippen molar-refractivity contribution in [1.82, 2.24) is 15.2 Å². The van der Waals surface area contributed by atoms with Crippen LogP contribution in [0.2, 0.25) is 0 Å². The molecule has 1 aromatic carbocycles. The molecule has 1 heterocycles. The zero-order valence-electron chi connectivity index (χ0n) is 11.9. The van der Waals surface area contributed by atoms with Crippen LogP contribution < -0.4 is 10.1 Å². The van der Waals surface area contributed by atoms with E-state index in [1.54, 1.807) is 0 Å². The standard InChI is InChI=1S/C14H18N4O2/c1-4-12-16-13(18-17-12)14(19)15-10-7-6-9(3)8-11(10)20-5-2/h6-8H,4-5H2,1-3H3,(H,15,19)(H,16,17,18). The minimum Gasteiger partial charge on any atom is -0.492 e. The highest BCUT2D eigenvalue weighted by atomic mass is 16.5. The number of amides is 1. The normalized spacial score (nSPS) is 10.3. The summed E-state index contributed by atoms with van der Waals surface area (Å²) in [5.41, 5.74) is 1.68. The molecule has 20 heavy (non-hydrogen) atoms. The van der Waals surface area contributed by atoms with Crippen LogP contribution in [0.15, 0.2) is 18.2 Å². The number of benzene rings is 1. The van der Waals surface area contributed by atoms with Gasteiger partial charge in [-0.2, -0.15) is 0 Å². The first-order valence-electron chi connectivity index (χ1n) is 6.60. The Balaban J connectivity index is 2.18. The molecule has 0 aliphatic heterocycles. The zero-order chi connectivity index (χ0) is 14.5. The number of rotatable bonds is 5. The summed E-state index contributed by atoms with van der Waals surface area (Å²) in [7, 11) is 0. The van der Waals surface area contributed by atoms with Gasteiger partial charge in [-0.25, -0.2) is 4.98 Å². The van der Waals surface area contributed by atoms with Crippen LogP contribution in [0, 0.1) is 6.92 Å². The fourth-order valence-corrected chi connectivity index (χ4v) is 1.74. The summed E-state index contributed by atoms with van der Waals surface area (Å²) in [4.78, 5) is 16.2. The Labute approximate surface area is 117 Å². The maximum absolute atomic E-state index is 12.1. The molecule has 0 bridgehead atoms. The van der Waals surface area contributed by atoms with Crippen LogP contribution in [0.3, 0.4) is 0 Å². The number of aryl methyl sites for hydroxylation is 2.